The molecule has 1 N–H and O–H groups in total. The second-order valence-corrected chi connectivity index (χ2v) is 6.33. The zero-order chi connectivity index (χ0) is 17.9. The first kappa shape index (κ1) is 16.9. The molecule has 0 spiro atoms. The van der Waals surface area contributed by atoms with Crippen LogP contribution < -0.4 is 5.32 Å². The van der Waals surface area contributed by atoms with Crippen LogP contribution in [0.3, 0.4) is 0 Å². The summed E-state index contributed by atoms with van der Waals surface area (Å²) in [5.74, 6) is -0.0822. The average Bonchev–Trinajstić information content (AvgIpc) is 2.62. The third-order valence-electron chi connectivity index (χ3n) is 3.89. The van der Waals surface area contributed by atoms with Gasteiger partial charge >= 0.3 is 0 Å². The van der Waals surface area contributed by atoms with Gasteiger partial charge in [0.2, 0.25) is 0 Å². The lowest BCUT2D eigenvalue weighted by Gasteiger charge is -2.27. The fraction of sp³-hybridized carbons (Fsp3) is 0.105. The number of hydrogen-bond acceptors (Lipinski definition) is 4. The average molecular weight is 355 g/mol. The molecule has 1 aliphatic carbocycles. The zero-order valence-corrected chi connectivity index (χ0v) is 13.9. The molecule has 126 valence electrons. The Morgan fingerprint density at radius 2 is 1.80 bits per heavy atom. The summed E-state index contributed by atoms with van der Waals surface area (Å²) in [4.78, 5) is 22.1. The van der Waals surface area contributed by atoms with E-state index >= 15 is 0 Å². The summed E-state index contributed by atoms with van der Waals surface area (Å²) in [6, 6.07) is 15.3. The van der Waals surface area contributed by atoms with Crippen LogP contribution in [0.1, 0.15) is 16.8 Å². The van der Waals surface area contributed by atoms with Crippen LogP contribution in [-0.4, -0.2) is 15.7 Å². The highest BCUT2D eigenvalue weighted by atomic mass is 35.5. The second kappa shape index (κ2) is 6.91. The van der Waals surface area contributed by atoms with Crippen LogP contribution in [0, 0.1) is 10.1 Å². The van der Waals surface area contributed by atoms with Crippen molar-refractivity contribution < 1.29 is 9.72 Å². The van der Waals surface area contributed by atoms with Crippen molar-refractivity contribution in [3.05, 3.63) is 94.1 Å². The number of para-hydroxylation sites is 2. The number of carbonyl (C=O) groups is 1. The minimum atomic E-state index is -1.02. The maximum Gasteiger partial charge on any atom is 0.292 e. The molecule has 0 aromatic heterocycles. The van der Waals surface area contributed by atoms with Gasteiger partial charge in [0.05, 0.1) is 4.92 Å². The number of nitro benzene ring substituents is 1. The Morgan fingerprint density at radius 3 is 2.44 bits per heavy atom. The number of nitro groups is 1. The molecule has 1 atom stereocenters. The van der Waals surface area contributed by atoms with Crippen LogP contribution in [0.2, 0.25) is 0 Å². The van der Waals surface area contributed by atoms with E-state index < -0.39 is 9.92 Å². The molecule has 3 rings (SSSR count). The fourth-order valence-corrected chi connectivity index (χ4v) is 2.84. The predicted octanol–water partition coefficient (Wildman–Crippen LogP) is 4.71. The van der Waals surface area contributed by atoms with Gasteiger partial charge in [0, 0.05) is 23.6 Å². The summed E-state index contributed by atoms with van der Waals surface area (Å²) in [7, 11) is 0. The molecular weight excluding hydrogens is 340 g/mol. The number of nitrogens with zero attached hydrogens (tertiary/aromatic N) is 1. The van der Waals surface area contributed by atoms with Crippen molar-refractivity contribution >= 4 is 28.8 Å². The number of alkyl halides is 1. The van der Waals surface area contributed by atoms with Crippen LogP contribution >= 0.6 is 11.6 Å². The van der Waals surface area contributed by atoms with Gasteiger partial charge in [0.15, 0.2) is 5.78 Å². The number of ketones is 1. The largest absolute Gasteiger partial charge is 0.358 e. The summed E-state index contributed by atoms with van der Waals surface area (Å²) in [6.07, 6.45) is 5.37. The number of benzene rings is 2. The molecule has 5 nitrogen and oxygen atoms in total. The summed E-state index contributed by atoms with van der Waals surface area (Å²) >= 11 is 6.53. The van der Waals surface area contributed by atoms with Gasteiger partial charge in [0.25, 0.3) is 5.69 Å². The highest BCUT2D eigenvalue weighted by Gasteiger charge is 2.29. The zero-order valence-electron chi connectivity index (χ0n) is 13.2. The van der Waals surface area contributed by atoms with E-state index in [1.807, 2.05) is 18.2 Å². The van der Waals surface area contributed by atoms with Gasteiger partial charge in [-0.3, -0.25) is 14.9 Å². The maximum atomic E-state index is 12.4. The summed E-state index contributed by atoms with van der Waals surface area (Å²) in [5.41, 5.74) is 1.43. The number of carbonyl (C=O) groups excluding carboxylic acids is 1. The third kappa shape index (κ3) is 3.78. The van der Waals surface area contributed by atoms with E-state index in [4.69, 9.17) is 11.6 Å². The highest BCUT2D eigenvalue weighted by Crippen LogP contribution is 2.34. The first-order valence-corrected chi connectivity index (χ1v) is 8.06. The quantitative estimate of drug-likeness (QED) is 0.277. The number of anilines is 1. The van der Waals surface area contributed by atoms with Gasteiger partial charge in [-0.1, -0.05) is 66.2 Å². The maximum absolute atomic E-state index is 12.4. The lowest BCUT2D eigenvalue weighted by molar-refractivity contribution is -0.384. The van der Waals surface area contributed by atoms with Crippen molar-refractivity contribution in [2.75, 3.05) is 5.32 Å². The van der Waals surface area contributed by atoms with Crippen LogP contribution in [0.4, 0.5) is 11.4 Å². The van der Waals surface area contributed by atoms with Crippen molar-refractivity contribution in [1.82, 2.24) is 0 Å². The molecule has 0 heterocycles. The van der Waals surface area contributed by atoms with E-state index in [-0.39, 0.29) is 11.5 Å². The lowest BCUT2D eigenvalue weighted by Crippen LogP contribution is -2.31. The van der Waals surface area contributed by atoms with Gasteiger partial charge < -0.3 is 5.32 Å². The summed E-state index contributed by atoms with van der Waals surface area (Å²) in [5, 5.41) is 14.1. The molecule has 1 aliphatic rings. The highest BCUT2D eigenvalue weighted by molar-refractivity contribution is 6.27. The molecular formula is C19H15ClN2O3. The Morgan fingerprint density at radius 1 is 1.12 bits per heavy atom. The number of allylic oxidation sites excluding steroid dienone is 2. The molecule has 25 heavy (non-hydrogen) atoms. The fourth-order valence-electron chi connectivity index (χ4n) is 2.60. The molecule has 0 fully saturated rings. The van der Waals surface area contributed by atoms with E-state index in [1.54, 1.807) is 48.6 Å². The first-order chi connectivity index (χ1) is 12.0. The standard InChI is InChI=1S/C19H15ClN2O3/c20-19(21-16-8-4-5-9-17(16)22(24)25)12-10-15(11-13-19)18(23)14-6-2-1-3-7-14/h1-12,21H,13H2. The smallest absolute Gasteiger partial charge is 0.292 e. The second-order valence-electron chi connectivity index (χ2n) is 5.65. The summed E-state index contributed by atoms with van der Waals surface area (Å²) < 4.78 is 0. The molecule has 1 unspecified atom stereocenters. The Hall–Kier alpha value is -2.92. The number of halogens is 1. The molecule has 0 saturated heterocycles. The van der Waals surface area contributed by atoms with Crippen molar-refractivity contribution in [2.45, 2.75) is 11.4 Å². The van der Waals surface area contributed by atoms with Crippen LogP contribution in [0.15, 0.2) is 78.4 Å². The molecule has 0 bridgehead atoms. The number of hydrogen-bond donors (Lipinski definition) is 1. The minimum Gasteiger partial charge on any atom is -0.358 e. The van der Waals surface area contributed by atoms with E-state index in [0.29, 0.717) is 23.2 Å². The molecule has 0 amide bonds. The molecule has 2 aromatic carbocycles. The van der Waals surface area contributed by atoms with Crippen LogP contribution in [-0.2, 0) is 0 Å². The van der Waals surface area contributed by atoms with Crippen LogP contribution in [0.5, 0.6) is 0 Å². The van der Waals surface area contributed by atoms with Crippen molar-refractivity contribution in [3.8, 4) is 0 Å². The van der Waals surface area contributed by atoms with Crippen molar-refractivity contribution in [1.29, 1.82) is 0 Å². The lowest BCUT2D eigenvalue weighted by atomic mass is 9.95. The van der Waals surface area contributed by atoms with Crippen molar-refractivity contribution in [3.63, 3.8) is 0 Å². The molecule has 6 heteroatoms. The predicted molar refractivity (Wildman–Crippen MR) is 97.9 cm³/mol. The van der Waals surface area contributed by atoms with E-state index in [2.05, 4.69) is 5.32 Å². The monoisotopic (exact) mass is 354 g/mol. The van der Waals surface area contributed by atoms with Gasteiger partial charge in [-0.15, -0.1) is 0 Å². The minimum absolute atomic E-state index is 0.0499. The molecule has 0 radical (unpaired) electrons. The van der Waals surface area contributed by atoms with Crippen LogP contribution in [0.25, 0.3) is 0 Å². The topological polar surface area (TPSA) is 72.2 Å². The van der Waals surface area contributed by atoms with Gasteiger partial charge in [-0.2, -0.15) is 0 Å². The Balaban J connectivity index is 1.77. The Labute approximate surface area is 149 Å². The first-order valence-electron chi connectivity index (χ1n) is 7.68. The number of Topliss-reactive ketones (excluding diaryl/α,β-unsaturated/α-hetero) is 1. The number of nitrogens with one attached hydrogen (secondary N) is 1. The molecule has 0 saturated carbocycles. The molecule has 2 aromatic rings. The van der Waals surface area contributed by atoms with E-state index in [9.17, 15) is 14.9 Å². The number of rotatable bonds is 5. The van der Waals surface area contributed by atoms with E-state index in [0.717, 1.165) is 0 Å². The van der Waals surface area contributed by atoms with Crippen molar-refractivity contribution in [2.24, 2.45) is 0 Å². The Kier molecular flexibility index (Phi) is 4.67. The third-order valence-corrected chi connectivity index (χ3v) is 4.26. The van der Waals surface area contributed by atoms with Gasteiger partial charge in [-0.25, -0.2) is 0 Å². The molecule has 0 aliphatic heterocycles. The Bertz CT molecular complexity index is 877. The van der Waals surface area contributed by atoms with Gasteiger partial charge in [-0.05, 0) is 12.1 Å². The van der Waals surface area contributed by atoms with Gasteiger partial charge in [0.1, 0.15) is 10.7 Å². The normalized spacial score (nSPS) is 19.2. The SMILES string of the molecule is O=C(C1=CCC(Cl)(Nc2ccccc2[N+](=O)[O-])C=C1)c1ccccc1. The summed E-state index contributed by atoms with van der Waals surface area (Å²) in [6.45, 7) is 0. The van der Waals surface area contributed by atoms with E-state index in [1.165, 1.54) is 6.07 Å².